The molecular weight excluding hydrogens is 274 g/mol. The van der Waals surface area contributed by atoms with Crippen LogP contribution < -0.4 is 5.73 Å². The zero-order valence-electron chi connectivity index (χ0n) is 11.8. The zero-order valence-corrected chi connectivity index (χ0v) is 11.8. The molecule has 0 spiro atoms. The van der Waals surface area contributed by atoms with E-state index in [1.54, 1.807) is 0 Å². The van der Waals surface area contributed by atoms with Gasteiger partial charge in [-0.25, -0.2) is 9.97 Å². The summed E-state index contributed by atoms with van der Waals surface area (Å²) in [6, 6.07) is 0. The highest BCUT2D eigenvalue weighted by Crippen LogP contribution is 2.35. The first-order chi connectivity index (χ1) is 10.2. The van der Waals surface area contributed by atoms with Crippen LogP contribution in [0.1, 0.15) is 25.6 Å². The van der Waals surface area contributed by atoms with Crippen molar-refractivity contribution >= 4 is 5.82 Å². The molecule has 8 nitrogen and oxygen atoms in total. The maximum atomic E-state index is 5.90. The van der Waals surface area contributed by atoms with E-state index in [9.17, 15) is 0 Å². The van der Waals surface area contributed by atoms with Crippen molar-refractivity contribution < 1.29 is 14.0 Å². The average Bonchev–Trinajstić information content (AvgIpc) is 2.99. The predicted octanol–water partition coefficient (Wildman–Crippen LogP) is 1.15. The summed E-state index contributed by atoms with van der Waals surface area (Å²) >= 11 is 0. The molecule has 0 atom stereocenters. The van der Waals surface area contributed by atoms with Gasteiger partial charge in [0.25, 0.3) is 5.89 Å². The van der Waals surface area contributed by atoms with Gasteiger partial charge < -0.3 is 19.7 Å². The van der Waals surface area contributed by atoms with Gasteiger partial charge in [0.15, 0.2) is 11.5 Å². The third-order valence-electron chi connectivity index (χ3n) is 3.48. The lowest BCUT2D eigenvalue weighted by Crippen LogP contribution is -2.37. The van der Waals surface area contributed by atoms with Crippen LogP contribution in [0.15, 0.2) is 16.9 Å². The first-order valence-corrected chi connectivity index (χ1v) is 6.88. The minimum absolute atomic E-state index is 0.251. The molecule has 3 rings (SSSR count). The van der Waals surface area contributed by atoms with Gasteiger partial charge in [0.2, 0.25) is 5.82 Å². The summed E-state index contributed by atoms with van der Waals surface area (Å²) in [5.41, 5.74) is 5.60. The Morgan fingerprint density at radius 1 is 1.29 bits per heavy atom. The summed E-state index contributed by atoms with van der Waals surface area (Å²) in [5, 5.41) is 4.06. The zero-order chi connectivity index (χ0) is 14.7. The third kappa shape index (κ3) is 2.59. The van der Waals surface area contributed by atoms with Gasteiger partial charge in [-0.3, -0.25) is 0 Å². The Balaban J connectivity index is 1.94. The molecule has 0 saturated carbocycles. The van der Waals surface area contributed by atoms with Crippen LogP contribution in [0.25, 0.3) is 11.6 Å². The summed E-state index contributed by atoms with van der Waals surface area (Å²) < 4.78 is 16.6. The van der Waals surface area contributed by atoms with Gasteiger partial charge in [0.1, 0.15) is 5.60 Å². The second-order valence-corrected chi connectivity index (χ2v) is 4.75. The number of ether oxygens (including phenoxy) is 2. The van der Waals surface area contributed by atoms with Crippen LogP contribution in [-0.2, 0) is 15.1 Å². The lowest BCUT2D eigenvalue weighted by atomic mass is 9.93. The number of nitrogens with zero attached hydrogens (tertiary/aromatic N) is 4. The first kappa shape index (κ1) is 13.9. The molecule has 1 fully saturated rings. The molecule has 1 aliphatic heterocycles. The smallest absolute Gasteiger partial charge is 0.280 e. The van der Waals surface area contributed by atoms with Gasteiger partial charge in [0.05, 0.1) is 0 Å². The minimum atomic E-state index is -0.564. The average molecular weight is 291 g/mol. The van der Waals surface area contributed by atoms with E-state index in [0.717, 1.165) is 0 Å². The van der Waals surface area contributed by atoms with Gasteiger partial charge in [-0.15, -0.1) is 0 Å². The van der Waals surface area contributed by atoms with Crippen LogP contribution in [0.5, 0.6) is 0 Å². The fourth-order valence-electron chi connectivity index (χ4n) is 2.43. The fourth-order valence-corrected chi connectivity index (χ4v) is 2.43. The van der Waals surface area contributed by atoms with E-state index in [1.165, 1.54) is 12.4 Å². The molecule has 21 heavy (non-hydrogen) atoms. The Morgan fingerprint density at radius 2 is 2.05 bits per heavy atom. The fraction of sp³-hybridized carbons (Fsp3) is 0.538. The van der Waals surface area contributed by atoms with Crippen molar-refractivity contribution in [3.05, 3.63) is 18.2 Å². The van der Waals surface area contributed by atoms with Crippen molar-refractivity contribution in [2.45, 2.75) is 25.4 Å². The summed E-state index contributed by atoms with van der Waals surface area (Å²) in [6.07, 6.45) is 4.42. The van der Waals surface area contributed by atoms with Crippen molar-refractivity contribution in [2.75, 3.05) is 25.6 Å². The van der Waals surface area contributed by atoms with Gasteiger partial charge in [0, 0.05) is 45.1 Å². The summed E-state index contributed by atoms with van der Waals surface area (Å²) in [4.78, 5) is 12.5. The molecule has 112 valence electrons. The number of hydrogen-bond donors (Lipinski definition) is 1. The molecule has 8 heteroatoms. The molecule has 0 unspecified atom stereocenters. The van der Waals surface area contributed by atoms with Crippen molar-refractivity contribution in [1.29, 1.82) is 0 Å². The second-order valence-electron chi connectivity index (χ2n) is 4.75. The number of anilines is 1. The molecule has 1 aliphatic rings. The highest BCUT2D eigenvalue weighted by atomic mass is 16.5. The Kier molecular flexibility index (Phi) is 3.80. The molecular formula is C13H17N5O3. The molecule has 1 saturated heterocycles. The minimum Gasteiger partial charge on any atom is -0.382 e. The van der Waals surface area contributed by atoms with Crippen LogP contribution in [-0.4, -0.2) is 39.9 Å². The number of nitrogens with two attached hydrogens (primary N) is 1. The maximum Gasteiger partial charge on any atom is 0.280 e. The van der Waals surface area contributed by atoms with E-state index in [1.807, 2.05) is 6.92 Å². The van der Waals surface area contributed by atoms with Crippen LogP contribution >= 0.6 is 0 Å². The van der Waals surface area contributed by atoms with Gasteiger partial charge in [-0.2, -0.15) is 4.98 Å². The van der Waals surface area contributed by atoms with Crippen LogP contribution in [0.3, 0.4) is 0 Å². The van der Waals surface area contributed by atoms with Crippen molar-refractivity contribution in [3.8, 4) is 11.6 Å². The summed E-state index contributed by atoms with van der Waals surface area (Å²) in [6.45, 7) is 3.73. The Morgan fingerprint density at radius 3 is 2.76 bits per heavy atom. The second kappa shape index (κ2) is 5.74. The molecule has 0 radical (unpaired) electrons. The first-order valence-electron chi connectivity index (χ1n) is 6.88. The summed E-state index contributed by atoms with van der Waals surface area (Å²) in [5.74, 6) is 1.01. The molecule has 0 aromatic carbocycles. The van der Waals surface area contributed by atoms with E-state index in [4.69, 9.17) is 19.7 Å². The highest BCUT2D eigenvalue weighted by molar-refractivity contribution is 5.61. The highest BCUT2D eigenvalue weighted by Gasteiger charge is 2.40. The molecule has 2 N–H and O–H groups in total. The molecule has 3 heterocycles. The molecule has 0 amide bonds. The lowest BCUT2D eigenvalue weighted by molar-refractivity contribution is -0.118. The SMILES string of the molecule is CCOC1(c2noc(-c3nccnc3N)n2)CCOCC1. The topological polar surface area (TPSA) is 109 Å². The van der Waals surface area contributed by atoms with E-state index in [-0.39, 0.29) is 11.7 Å². The molecule has 0 aliphatic carbocycles. The number of rotatable bonds is 4. The number of hydrogen-bond acceptors (Lipinski definition) is 8. The molecule has 2 aromatic rings. The monoisotopic (exact) mass is 291 g/mol. The largest absolute Gasteiger partial charge is 0.382 e. The Bertz CT molecular complexity index is 604. The van der Waals surface area contributed by atoms with Crippen molar-refractivity contribution in [3.63, 3.8) is 0 Å². The Labute approximate surface area is 121 Å². The predicted molar refractivity (Wildman–Crippen MR) is 73.1 cm³/mol. The number of aromatic nitrogens is 4. The van der Waals surface area contributed by atoms with E-state index >= 15 is 0 Å². The standard InChI is InChI=1S/C13H17N5O3/c1-2-20-13(3-7-19-8-4-13)12-17-11(21-18-12)9-10(14)16-6-5-15-9/h5-6H,2-4,7-8H2,1H3,(H2,14,16). The van der Waals surface area contributed by atoms with Crippen molar-refractivity contribution in [2.24, 2.45) is 0 Å². The van der Waals surface area contributed by atoms with Crippen LogP contribution in [0, 0.1) is 0 Å². The Hall–Kier alpha value is -2.06. The maximum absolute atomic E-state index is 5.90. The summed E-state index contributed by atoms with van der Waals surface area (Å²) in [7, 11) is 0. The third-order valence-corrected chi connectivity index (χ3v) is 3.48. The molecule has 0 bridgehead atoms. The van der Waals surface area contributed by atoms with Crippen LogP contribution in [0.4, 0.5) is 5.82 Å². The van der Waals surface area contributed by atoms with Gasteiger partial charge >= 0.3 is 0 Å². The van der Waals surface area contributed by atoms with Crippen molar-refractivity contribution in [1.82, 2.24) is 20.1 Å². The van der Waals surface area contributed by atoms with Crippen LogP contribution in [0.2, 0.25) is 0 Å². The number of nitrogen functional groups attached to an aromatic ring is 1. The quantitative estimate of drug-likeness (QED) is 0.893. The lowest BCUT2D eigenvalue weighted by Gasteiger charge is -2.33. The van der Waals surface area contributed by atoms with E-state index in [0.29, 0.717) is 44.2 Å². The van der Waals surface area contributed by atoms with E-state index in [2.05, 4.69) is 20.1 Å². The van der Waals surface area contributed by atoms with Gasteiger partial charge in [-0.05, 0) is 6.92 Å². The van der Waals surface area contributed by atoms with E-state index < -0.39 is 5.60 Å². The molecule has 2 aromatic heterocycles. The normalized spacial score (nSPS) is 17.8. The van der Waals surface area contributed by atoms with Gasteiger partial charge in [-0.1, -0.05) is 5.16 Å².